The summed E-state index contributed by atoms with van der Waals surface area (Å²) in [6, 6.07) is 0. The topological polar surface area (TPSA) is 97.9 Å². The second-order valence-electron chi connectivity index (χ2n) is 11.5. The summed E-state index contributed by atoms with van der Waals surface area (Å²) in [6.45, 7) is 4.44. The van der Waals surface area contributed by atoms with Gasteiger partial charge in [0, 0.05) is 37.9 Å². The Balaban J connectivity index is 1.83. The monoisotopic (exact) mass is 675 g/mol. The predicted molar refractivity (Wildman–Crippen MR) is 171 cm³/mol. The van der Waals surface area contributed by atoms with Crippen LogP contribution >= 0.6 is 15.9 Å². The Bertz CT molecular complexity index is 688. The minimum absolute atomic E-state index is 0.123. The molecule has 2 bridgehead atoms. The van der Waals surface area contributed by atoms with Gasteiger partial charge in [0.1, 0.15) is 13.1 Å². The Morgan fingerprint density at radius 3 is 1.19 bits per heavy atom. The number of ether oxygens (including phenoxy) is 4. The zero-order chi connectivity index (χ0) is 30.8. The van der Waals surface area contributed by atoms with Gasteiger partial charge in [-0.1, -0.05) is 86.6 Å². The number of alkyl halides is 1. The first-order valence-corrected chi connectivity index (χ1v) is 17.9. The van der Waals surface area contributed by atoms with Crippen molar-refractivity contribution in [2.75, 3.05) is 97.5 Å². The van der Waals surface area contributed by atoms with Crippen molar-refractivity contribution in [1.29, 1.82) is 0 Å². The number of unbranched alkanes of at least 4 members (excludes halogenated alkanes) is 12. The summed E-state index contributed by atoms with van der Waals surface area (Å²) in [7, 11) is 0. The number of carbonyl (C=O) groups excluding carboxylic acids is 3. The van der Waals surface area contributed by atoms with Gasteiger partial charge >= 0.3 is 0 Å². The lowest BCUT2D eigenvalue weighted by atomic mass is 10.0. The zero-order valence-electron chi connectivity index (χ0n) is 26.6. The Kier molecular flexibility index (Phi) is 22.9. The van der Waals surface area contributed by atoms with Crippen molar-refractivity contribution in [1.82, 2.24) is 14.7 Å². The molecule has 0 atom stereocenters. The third-order valence-corrected chi connectivity index (χ3v) is 8.56. The molecule has 2 fully saturated rings. The lowest BCUT2D eigenvalue weighted by molar-refractivity contribution is -0.145. The van der Waals surface area contributed by atoms with Gasteiger partial charge in [-0.05, 0) is 12.8 Å². The van der Waals surface area contributed by atoms with Crippen LogP contribution in [0.5, 0.6) is 0 Å². The number of nitrogens with zero attached hydrogens (tertiary/aromatic N) is 3. The van der Waals surface area contributed by atoms with Crippen LogP contribution in [-0.4, -0.2) is 130 Å². The summed E-state index contributed by atoms with van der Waals surface area (Å²) in [5.74, 6) is -0.543. The highest BCUT2D eigenvalue weighted by molar-refractivity contribution is 9.09. The highest BCUT2D eigenvalue weighted by Crippen LogP contribution is 2.14. The minimum atomic E-state index is -0.198. The van der Waals surface area contributed by atoms with Gasteiger partial charge in [-0.15, -0.1) is 0 Å². The van der Waals surface area contributed by atoms with Crippen molar-refractivity contribution in [2.45, 2.75) is 89.9 Å². The molecule has 0 aromatic carbocycles. The highest BCUT2D eigenvalue weighted by Gasteiger charge is 2.26. The van der Waals surface area contributed by atoms with Crippen LogP contribution in [0.2, 0.25) is 0 Å². The largest absolute Gasteiger partial charge is 0.377 e. The SMILES string of the molecule is O=C1CN(C(=O)CCCCCCCCCCCCCCCBr)CC(=O)N2CCOCCOCCN1CCOCCOCC2. The molecular weight excluding hydrogens is 618 g/mol. The summed E-state index contributed by atoms with van der Waals surface area (Å²) in [6.07, 6.45) is 16.3. The van der Waals surface area contributed by atoms with E-state index in [2.05, 4.69) is 15.9 Å². The molecule has 0 aromatic heterocycles. The molecule has 2 heterocycles. The first kappa shape index (κ1) is 37.9. The fraction of sp³-hybridized carbons (Fsp3) is 0.906. The van der Waals surface area contributed by atoms with E-state index in [-0.39, 0.29) is 30.8 Å². The molecule has 43 heavy (non-hydrogen) atoms. The van der Waals surface area contributed by atoms with Gasteiger partial charge in [-0.2, -0.15) is 0 Å². The van der Waals surface area contributed by atoms with Crippen LogP contribution in [0.15, 0.2) is 0 Å². The van der Waals surface area contributed by atoms with Crippen LogP contribution in [0.25, 0.3) is 0 Å². The van der Waals surface area contributed by atoms with E-state index in [1.165, 1.54) is 69.1 Å². The van der Waals surface area contributed by atoms with Crippen LogP contribution in [0.4, 0.5) is 0 Å². The Labute approximate surface area is 268 Å². The molecule has 2 rings (SSSR count). The molecule has 0 spiro atoms. The molecule has 0 saturated carbocycles. The number of hydrogen-bond donors (Lipinski definition) is 0. The molecule has 0 aliphatic carbocycles. The Morgan fingerprint density at radius 1 is 0.512 bits per heavy atom. The summed E-state index contributed by atoms with van der Waals surface area (Å²) >= 11 is 3.49. The van der Waals surface area contributed by atoms with E-state index >= 15 is 0 Å². The van der Waals surface area contributed by atoms with Gasteiger partial charge in [0.15, 0.2) is 0 Å². The lowest BCUT2D eigenvalue weighted by Gasteiger charge is -2.29. The molecule has 2 aliphatic rings. The minimum Gasteiger partial charge on any atom is -0.377 e. The van der Waals surface area contributed by atoms with Gasteiger partial charge in [0.25, 0.3) is 0 Å². The maximum absolute atomic E-state index is 13.3. The first-order chi connectivity index (χ1) is 21.1. The number of fused-ring (bicyclic) bond motifs is 6. The fourth-order valence-corrected chi connectivity index (χ4v) is 5.69. The fourth-order valence-electron chi connectivity index (χ4n) is 5.30. The van der Waals surface area contributed by atoms with Crippen molar-refractivity contribution in [3.05, 3.63) is 0 Å². The van der Waals surface area contributed by atoms with Crippen LogP contribution in [0, 0.1) is 0 Å². The summed E-state index contributed by atoms with van der Waals surface area (Å²) in [4.78, 5) is 44.8. The van der Waals surface area contributed by atoms with E-state index in [9.17, 15) is 14.4 Å². The van der Waals surface area contributed by atoms with Crippen molar-refractivity contribution in [3.63, 3.8) is 0 Å². The van der Waals surface area contributed by atoms with Crippen molar-refractivity contribution in [3.8, 4) is 0 Å². The molecule has 250 valence electrons. The molecule has 3 amide bonds. The lowest BCUT2D eigenvalue weighted by Crippen LogP contribution is -2.49. The Morgan fingerprint density at radius 2 is 0.837 bits per heavy atom. The Hall–Kier alpha value is -1.27. The van der Waals surface area contributed by atoms with Crippen molar-refractivity contribution in [2.24, 2.45) is 0 Å². The quantitative estimate of drug-likeness (QED) is 0.144. The molecule has 11 heteroatoms. The first-order valence-electron chi connectivity index (χ1n) is 16.8. The van der Waals surface area contributed by atoms with E-state index < -0.39 is 0 Å². The highest BCUT2D eigenvalue weighted by atomic mass is 79.9. The second kappa shape index (κ2) is 26.0. The van der Waals surface area contributed by atoms with Crippen LogP contribution < -0.4 is 0 Å². The predicted octanol–water partition coefficient (Wildman–Crippen LogP) is 4.42. The number of amides is 3. The third-order valence-electron chi connectivity index (χ3n) is 8.00. The van der Waals surface area contributed by atoms with Crippen LogP contribution in [0.3, 0.4) is 0 Å². The molecule has 0 radical (unpaired) electrons. The maximum atomic E-state index is 13.3. The number of carbonyl (C=O) groups is 3. The van der Waals surface area contributed by atoms with Gasteiger partial charge < -0.3 is 33.6 Å². The maximum Gasteiger partial charge on any atom is 0.242 e. The molecular formula is C32H58BrN3O7. The smallest absolute Gasteiger partial charge is 0.242 e. The van der Waals surface area contributed by atoms with Crippen molar-refractivity contribution >= 4 is 33.7 Å². The summed E-state index contributed by atoms with van der Waals surface area (Å²) in [5, 5.41) is 1.12. The van der Waals surface area contributed by atoms with E-state index in [0.29, 0.717) is 85.5 Å². The average Bonchev–Trinajstić information content (AvgIpc) is 3.00. The van der Waals surface area contributed by atoms with Gasteiger partial charge in [-0.25, -0.2) is 0 Å². The molecule has 0 aromatic rings. The van der Waals surface area contributed by atoms with E-state index in [0.717, 1.165) is 24.6 Å². The van der Waals surface area contributed by atoms with Crippen molar-refractivity contribution < 1.29 is 33.3 Å². The third kappa shape index (κ3) is 19.0. The standard InChI is InChI=1S/C32H58BrN3O7/c33-15-13-11-9-7-5-3-1-2-4-6-8-10-12-14-30(37)36-28-31(38)34-16-20-40-24-25-42-22-18-35(32(39)29-36)19-23-43-27-26-41-21-17-34/h1-29H2. The number of hydrogen-bond acceptors (Lipinski definition) is 7. The van der Waals surface area contributed by atoms with Gasteiger partial charge in [-0.3, -0.25) is 14.4 Å². The summed E-state index contributed by atoms with van der Waals surface area (Å²) in [5.41, 5.74) is 0. The van der Waals surface area contributed by atoms with Gasteiger partial charge in [0.2, 0.25) is 17.7 Å². The van der Waals surface area contributed by atoms with Crippen LogP contribution in [-0.2, 0) is 33.3 Å². The van der Waals surface area contributed by atoms with E-state index in [1.807, 2.05) is 0 Å². The number of halogens is 1. The molecule has 10 nitrogen and oxygen atoms in total. The molecule has 0 unspecified atom stereocenters. The van der Waals surface area contributed by atoms with E-state index in [4.69, 9.17) is 18.9 Å². The molecule has 0 N–H and O–H groups in total. The zero-order valence-corrected chi connectivity index (χ0v) is 28.2. The normalized spacial score (nSPS) is 19.0. The van der Waals surface area contributed by atoms with E-state index in [1.54, 1.807) is 9.80 Å². The molecule has 2 aliphatic heterocycles. The summed E-state index contributed by atoms with van der Waals surface area (Å²) < 4.78 is 22.7. The molecule has 2 saturated heterocycles. The van der Waals surface area contributed by atoms with Gasteiger partial charge in [0.05, 0.1) is 52.9 Å². The number of rotatable bonds is 15. The average molecular weight is 677 g/mol. The second-order valence-corrected chi connectivity index (χ2v) is 12.3. The van der Waals surface area contributed by atoms with Crippen LogP contribution in [0.1, 0.15) is 89.9 Å².